The summed E-state index contributed by atoms with van der Waals surface area (Å²) < 4.78 is 9.87. The Kier molecular flexibility index (Phi) is 3.42. The number of ether oxygens (including phenoxy) is 2. The summed E-state index contributed by atoms with van der Waals surface area (Å²) in [5.41, 5.74) is 0.694. The molecule has 0 aliphatic heterocycles. The molecule has 1 aromatic carbocycles. The van der Waals surface area contributed by atoms with Gasteiger partial charge in [0.05, 0.1) is 0 Å². The third kappa shape index (κ3) is 2.28. The fourth-order valence-electron chi connectivity index (χ4n) is 1.15. The van der Waals surface area contributed by atoms with Crippen molar-refractivity contribution in [3.05, 3.63) is 35.9 Å². The van der Waals surface area contributed by atoms with Crippen LogP contribution in [0.15, 0.2) is 30.3 Å². The molecule has 0 aromatic heterocycles. The van der Waals surface area contributed by atoms with Crippen LogP contribution < -0.4 is 0 Å². The summed E-state index contributed by atoms with van der Waals surface area (Å²) in [5, 5.41) is 9.94. The summed E-state index contributed by atoms with van der Waals surface area (Å²) in [7, 11) is 2.97. The lowest BCUT2D eigenvalue weighted by Gasteiger charge is -2.25. The number of rotatable bonds is 4. The molecule has 1 rings (SSSR count). The van der Waals surface area contributed by atoms with Gasteiger partial charge in [-0.3, -0.25) is 0 Å². The van der Waals surface area contributed by atoms with Gasteiger partial charge >= 0.3 is 0 Å². The zero-order valence-corrected chi connectivity index (χ0v) is 7.86. The van der Waals surface area contributed by atoms with Crippen molar-refractivity contribution in [2.75, 3.05) is 20.8 Å². The van der Waals surface area contributed by atoms with Gasteiger partial charge in [0.15, 0.2) is 0 Å². The number of hydrogen-bond acceptors (Lipinski definition) is 3. The molecule has 1 unspecified atom stereocenters. The van der Waals surface area contributed by atoms with Crippen LogP contribution in [0.1, 0.15) is 5.56 Å². The van der Waals surface area contributed by atoms with Crippen molar-refractivity contribution in [1.82, 2.24) is 0 Å². The van der Waals surface area contributed by atoms with Gasteiger partial charge in [-0.05, 0) is 0 Å². The molecule has 0 heterocycles. The van der Waals surface area contributed by atoms with Crippen LogP contribution in [-0.4, -0.2) is 25.9 Å². The average Bonchev–Trinajstić information content (AvgIpc) is 2.19. The molecule has 0 fully saturated rings. The Labute approximate surface area is 77.9 Å². The van der Waals surface area contributed by atoms with Gasteiger partial charge < -0.3 is 14.6 Å². The Bertz CT molecular complexity index is 248. The molecule has 1 N–H and O–H groups in total. The van der Waals surface area contributed by atoms with Gasteiger partial charge in [0.1, 0.15) is 6.61 Å². The first-order valence-electron chi connectivity index (χ1n) is 4.05. The third-order valence-corrected chi connectivity index (χ3v) is 1.90. The largest absolute Gasteiger partial charge is 0.379 e. The maximum Gasteiger partial charge on any atom is 0.216 e. The average molecular weight is 182 g/mol. The molecule has 0 saturated heterocycles. The van der Waals surface area contributed by atoms with E-state index in [1.807, 2.05) is 18.2 Å². The highest BCUT2D eigenvalue weighted by atomic mass is 16.6. The second kappa shape index (κ2) is 4.37. The Morgan fingerprint density at radius 3 is 2.31 bits per heavy atom. The molecule has 3 heteroatoms. The van der Waals surface area contributed by atoms with Crippen LogP contribution in [0.5, 0.6) is 0 Å². The van der Waals surface area contributed by atoms with E-state index in [0.717, 1.165) is 0 Å². The van der Waals surface area contributed by atoms with E-state index in [1.54, 1.807) is 12.1 Å². The third-order valence-electron chi connectivity index (χ3n) is 1.90. The Morgan fingerprint density at radius 2 is 1.85 bits per heavy atom. The van der Waals surface area contributed by atoms with E-state index in [-0.39, 0.29) is 6.61 Å². The first-order valence-corrected chi connectivity index (χ1v) is 4.05. The molecular weight excluding hydrogens is 168 g/mol. The summed E-state index contributed by atoms with van der Waals surface area (Å²) in [5.74, 6) is -1.34. The highest BCUT2D eigenvalue weighted by molar-refractivity contribution is 5.19. The lowest BCUT2D eigenvalue weighted by molar-refractivity contribution is -0.221. The maximum atomic E-state index is 9.94. The molecule has 1 aromatic rings. The SMILES string of the molecule is COCC(O)(OC)c1ccccc1. The lowest BCUT2D eigenvalue weighted by Crippen LogP contribution is -2.33. The molecule has 13 heavy (non-hydrogen) atoms. The van der Waals surface area contributed by atoms with Crippen LogP contribution in [0.2, 0.25) is 0 Å². The van der Waals surface area contributed by atoms with Crippen LogP contribution >= 0.6 is 0 Å². The lowest BCUT2D eigenvalue weighted by atomic mass is 10.1. The summed E-state index contributed by atoms with van der Waals surface area (Å²) in [6.45, 7) is 0.119. The highest BCUT2D eigenvalue weighted by Crippen LogP contribution is 2.21. The molecule has 0 aliphatic rings. The molecule has 0 aliphatic carbocycles. The van der Waals surface area contributed by atoms with Gasteiger partial charge in [0.2, 0.25) is 5.79 Å². The Morgan fingerprint density at radius 1 is 1.23 bits per heavy atom. The zero-order valence-electron chi connectivity index (χ0n) is 7.86. The van der Waals surface area contributed by atoms with Gasteiger partial charge in [0, 0.05) is 19.8 Å². The van der Waals surface area contributed by atoms with E-state index in [2.05, 4.69) is 0 Å². The predicted molar refractivity (Wildman–Crippen MR) is 49.2 cm³/mol. The number of benzene rings is 1. The second-order valence-electron chi connectivity index (χ2n) is 2.79. The molecule has 0 amide bonds. The molecular formula is C10H14O3. The van der Waals surface area contributed by atoms with E-state index in [4.69, 9.17) is 9.47 Å². The molecule has 0 radical (unpaired) electrons. The van der Waals surface area contributed by atoms with Crippen molar-refractivity contribution < 1.29 is 14.6 Å². The first kappa shape index (κ1) is 10.2. The van der Waals surface area contributed by atoms with Crippen molar-refractivity contribution in [2.24, 2.45) is 0 Å². The molecule has 0 spiro atoms. The minimum Gasteiger partial charge on any atom is -0.379 e. The van der Waals surface area contributed by atoms with E-state index in [9.17, 15) is 5.11 Å². The Hall–Kier alpha value is -0.900. The molecule has 1 atom stereocenters. The predicted octanol–water partition coefficient (Wildman–Crippen LogP) is 1.12. The first-order chi connectivity index (χ1) is 6.23. The zero-order chi connectivity index (χ0) is 9.73. The van der Waals surface area contributed by atoms with E-state index in [0.29, 0.717) is 5.56 Å². The van der Waals surface area contributed by atoms with Crippen molar-refractivity contribution >= 4 is 0 Å². The second-order valence-corrected chi connectivity index (χ2v) is 2.79. The maximum absolute atomic E-state index is 9.94. The Balaban J connectivity index is 2.89. The standard InChI is InChI=1S/C10H14O3/c1-12-8-10(11,13-2)9-6-4-3-5-7-9/h3-7,11H,8H2,1-2H3. The van der Waals surface area contributed by atoms with Crippen LogP contribution in [0, 0.1) is 0 Å². The normalized spacial score (nSPS) is 15.3. The fourth-order valence-corrected chi connectivity index (χ4v) is 1.15. The monoisotopic (exact) mass is 182 g/mol. The molecule has 0 bridgehead atoms. The van der Waals surface area contributed by atoms with Crippen molar-refractivity contribution in [3.63, 3.8) is 0 Å². The number of hydrogen-bond donors (Lipinski definition) is 1. The summed E-state index contributed by atoms with van der Waals surface area (Å²) in [6.07, 6.45) is 0. The van der Waals surface area contributed by atoms with Gasteiger partial charge in [-0.25, -0.2) is 0 Å². The van der Waals surface area contributed by atoms with Crippen LogP contribution in [0.3, 0.4) is 0 Å². The summed E-state index contributed by atoms with van der Waals surface area (Å²) in [4.78, 5) is 0. The van der Waals surface area contributed by atoms with Crippen LogP contribution in [-0.2, 0) is 15.3 Å². The van der Waals surface area contributed by atoms with Crippen molar-refractivity contribution in [2.45, 2.75) is 5.79 Å². The van der Waals surface area contributed by atoms with Gasteiger partial charge in [0.25, 0.3) is 0 Å². The molecule has 3 nitrogen and oxygen atoms in total. The number of methoxy groups -OCH3 is 2. The quantitative estimate of drug-likeness (QED) is 0.709. The van der Waals surface area contributed by atoms with E-state index >= 15 is 0 Å². The van der Waals surface area contributed by atoms with Gasteiger partial charge in [-0.2, -0.15) is 0 Å². The topological polar surface area (TPSA) is 38.7 Å². The van der Waals surface area contributed by atoms with Crippen molar-refractivity contribution in [3.8, 4) is 0 Å². The summed E-state index contributed by atoms with van der Waals surface area (Å²) >= 11 is 0. The fraction of sp³-hybridized carbons (Fsp3) is 0.400. The molecule has 0 saturated carbocycles. The van der Waals surface area contributed by atoms with E-state index < -0.39 is 5.79 Å². The minimum absolute atomic E-state index is 0.119. The van der Waals surface area contributed by atoms with E-state index in [1.165, 1.54) is 14.2 Å². The van der Waals surface area contributed by atoms with Crippen LogP contribution in [0.4, 0.5) is 0 Å². The molecule has 72 valence electrons. The van der Waals surface area contributed by atoms with Crippen LogP contribution in [0.25, 0.3) is 0 Å². The van der Waals surface area contributed by atoms with Crippen molar-refractivity contribution in [1.29, 1.82) is 0 Å². The van der Waals surface area contributed by atoms with Gasteiger partial charge in [-0.15, -0.1) is 0 Å². The summed E-state index contributed by atoms with van der Waals surface area (Å²) in [6, 6.07) is 9.15. The van der Waals surface area contributed by atoms with Gasteiger partial charge in [-0.1, -0.05) is 30.3 Å². The minimum atomic E-state index is -1.34. The highest BCUT2D eigenvalue weighted by Gasteiger charge is 2.28. The number of aliphatic hydroxyl groups is 1. The smallest absolute Gasteiger partial charge is 0.216 e.